The summed E-state index contributed by atoms with van der Waals surface area (Å²) in [4.78, 5) is 40.1. The summed E-state index contributed by atoms with van der Waals surface area (Å²) >= 11 is 0. The zero-order chi connectivity index (χ0) is 22.8. The summed E-state index contributed by atoms with van der Waals surface area (Å²) in [6, 6.07) is 4.13. The highest BCUT2D eigenvalue weighted by atomic mass is 32.2. The van der Waals surface area contributed by atoms with E-state index in [9.17, 15) is 22.8 Å². The zero-order valence-electron chi connectivity index (χ0n) is 17.9. The van der Waals surface area contributed by atoms with Crippen molar-refractivity contribution in [3.63, 3.8) is 0 Å². The minimum Gasteiger partial charge on any atom is -0.451 e. The number of aromatic amines is 1. The number of sulfonamides is 1. The molecule has 0 spiro atoms. The fraction of sp³-hybridized carbons (Fsp3) is 0.381. The molecule has 1 aromatic heterocycles. The number of carbonyl (C=O) groups is 3. The van der Waals surface area contributed by atoms with Gasteiger partial charge in [-0.15, -0.1) is 0 Å². The number of ether oxygens (including phenoxy) is 1. The van der Waals surface area contributed by atoms with Crippen LogP contribution < -0.4 is 4.72 Å². The lowest BCUT2D eigenvalue weighted by Gasteiger charge is -2.14. The monoisotopic (exact) mass is 434 g/mol. The van der Waals surface area contributed by atoms with Gasteiger partial charge in [-0.2, -0.15) is 0 Å². The fourth-order valence-electron chi connectivity index (χ4n) is 3.27. The molecular formula is C21H26N2O6S. The number of ketones is 2. The van der Waals surface area contributed by atoms with E-state index in [1.807, 2.05) is 0 Å². The van der Waals surface area contributed by atoms with Gasteiger partial charge in [0, 0.05) is 17.8 Å². The van der Waals surface area contributed by atoms with E-state index in [-0.39, 0.29) is 28.5 Å². The molecule has 0 fully saturated rings. The second-order valence-electron chi connectivity index (χ2n) is 7.07. The van der Waals surface area contributed by atoms with E-state index in [0.29, 0.717) is 22.4 Å². The van der Waals surface area contributed by atoms with Crippen molar-refractivity contribution >= 4 is 27.6 Å². The molecule has 0 bridgehead atoms. The van der Waals surface area contributed by atoms with Crippen LogP contribution in [-0.4, -0.2) is 43.6 Å². The molecule has 0 aliphatic heterocycles. The Kier molecular flexibility index (Phi) is 6.99. The van der Waals surface area contributed by atoms with Crippen LogP contribution >= 0.6 is 0 Å². The second kappa shape index (κ2) is 8.93. The summed E-state index contributed by atoms with van der Waals surface area (Å²) in [6.07, 6.45) is -1.14. The Morgan fingerprint density at radius 1 is 1.17 bits per heavy atom. The van der Waals surface area contributed by atoms with Crippen molar-refractivity contribution in [2.24, 2.45) is 0 Å². The van der Waals surface area contributed by atoms with Crippen LogP contribution in [-0.2, 0) is 14.8 Å². The van der Waals surface area contributed by atoms with Gasteiger partial charge < -0.3 is 9.72 Å². The third-order valence-corrected chi connectivity index (χ3v) is 6.31. The molecule has 2 aromatic rings. The van der Waals surface area contributed by atoms with E-state index in [1.54, 1.807) is 27.7 Å². The van der Waals surface area contributed by atoms with Crippen molar-refractivity contribution in [3.05, 3.63) is 51.8 Å². The maximum Gasteiger partial charge on any atom is 0.339 e. The number of H-pyrrole nitrogens is 1. The normalized spacial score (nSPS) is 12.5. The average Bonchev–Trinajstić information content (AvgIpc) is 2.95. The highest BCUT2D eigenvalue weighted by molar-refractivity contribution is 7.89. The zero-order valence-corrected chi connectivity index (χ0v) is 18.7. The summed E-state index contributed by atoms with van der Waals surface area (Å²) in [5, 5.41) is 0. The lowest BCUT2D eigenvalue weighted by Crippen LogP contribution is -2.26. The topological polar surface area (TPSA) is 122 Å². The van der Waals surface area contributed by atoms with E-state index in [2.05, 4.69) is 9.71 Å². The van der Waals surface area contributed by atoms with Gasteiger partial charge in [-0.3, -0.25) is 9.59 Å². The number of aryl methyl sites for hydroxylation is 2. The molecule has 2 N–H and O–H groups in total. The van der Waals surface area contributed by atoms with Gasteiger partial charge in [0.2, 0.25) is 15.8 Å². The van der Waals surface area contributed by atoms with Crippen LogP contribution in [0.2, 0.25) is 0 Å². The van der Waals surface area contributed by atoms with Crippen LogP contribution in [0.25, 0.3) is 0 Å². The van der Waals surface area contributed by atoms with Crippen LogP contribution in [0.1, 0.15) is 68.8 Å². The van der Waals surface area contributed by atoms with Crippen LogP contribution in [0.15, 0.2) is 23.1 Å². The van der Waals surface area contributed by atoms with Crippen molar-refractivity contribution in [2.45, 2.75) is 52.5 Å². The molecule has 9 heteroatoms. The first kappa shape index (κ1) is 23.5. The predicted octanol–water partition coefficient (Wildman–Crippen LogP) is 2.87. The number of aromatic nitrogens is 1. The summed E-state index contributed by atoms with van der Waals surface area (Å²) in [7, 11) is -3.75. The minimum atomic E-state index is -3.75. The molecule has 0 unspecified atom stereocenters. The maximum atomic E-state index is 12.8. The Hall–Kier alpha value is -2.78. The Morgan fingerprint density at radius 2 is 1.80 bits per heavy atom. The van der Waals surface area contributed by atoms with Crippen molar-refractivity contribution in [2.75, 3.05) is 6.54 Å². The van der Waals surface area contributed by atoms with E-state index in [4.69, 9.17) is 4.74 Å². The summed E-state index contributed by atoms with van der Waals surface area (Å²) < 4.78 is 32.1. The van der Waals surface area contributed by atoms with Crippen molar-refractivity contribution in [1.82, 2.24) is 9.71 Å². The molecule has 0 aliphatic rings. The van der Waals surface area contributed by atoms with Crippen molar-refractivity contribution in [1.29, 1.82) is 0 Å². The molecular weight excluding hydrogens is 408 g/mol. The third-order valence-electron chi connectivity index (χ3n) is 4.76. The first-order valence-corrected chi connectivity index (χ1v) is 10.9. The number of hydrogen-bond donors (Lipinski definition) is 2. The lowest BCUT2D eigenvalue weighted by atomic mass is 10.0. The molecule has 1 aromatic carbocycles. The first-order chi connectivity index (χ1) is 13.9. The fourth-order valence-corrected chi connectivity index (χ4v) is 4.33. The summed E-state index contributed by atoms with van der Waals surface area (Å²) in [5.41, 5.74) is 2.28. The molecule has 0 aliphatic carbocycles. The number of hydrogen-bond acceptors (Lipinski definition) is 6. The first-order valence-electron chi connectivity index (χ1n) is 9.46. The standard InChI is InChI=1S/C21H26N2O6S/c1-7-22-30(27,28)16-9-8-11(2)17(10-16)21(26)29-15(6)20(25)19-12(3)18(14(5)24)13(4)23-19/h8-10,15,22-23H,7H2,1-6H3/t15-/m0/s1. The number of rotatable bonds is 8. The number of carbonyl (C=O) groups excluding carboxylic acids is 3. The molecule has 30 heavy (non-hydrogen) atoms. The maximum absolute atomic E-state index is 12.8. The predicted molar refractivity (Wildman–Crippen MR) is 112 cm³/mol. The van der Waals surface area contributed by atoms with Crippen molar-refractivity contribution in [3.8, 4) is 0 Å². The van der Waals surface area contributed by atoms with Gasteiger partial charge in [-0.05, 0) is 57.9 Å². The smallest absolute Gasteiger partial charge is 0.339 e. The number of Topliss-reactive ketones (excluding diaryl/α,β-unsaturated/α-hetero) is 2. The molecule has 0 saturated carbocycles. The van der Waals surface area contributed by atoms with E-state index in [1.165, 1.54) is 32.0 Å². The van der Waals surface area contributed by atoms with Gasteiger partial charge in [0.05, 0.1) is 16.2 Å². The number of benzene rings is 1. The average molecular weight is 435 g/mol. The van der Waals surface area contributed by atoms with Crippen LogP contribution in [0.4, 0.5) is 0 Å². The van der Waals surface area contributed by atoms with Crippen molar-refractivity contribution < 1.29 is 27.5 Å². The molecule has 2 rings (SSSR count). The summed E-state index contributed by atoms with van der Waals surface area (Å²) in [5.74, 6) is -1.46. The molecule has 0 radical (unpaired) electrons. The van der Waals surface area contributed by atoms with Crippen LogP contribution in [0, 0.1) is 20.8 Å². The SMILES string of the molecule is CCNS(=O)(=O)c1ccc(C)c(C(=O)O[C@@H](C)C(=O)c2[nH]c(C)c(C(C)=O)c2C)c1. The van der Waals surface area contributed by atoms with Gasteiger partial charge in [0.25, 0.3) is 0 Å². The Bertz CT molecular complexity index is 1110. The lowest BCUT2D eigenvalue weighted by molar-refractivity contribution is 0.0316. The Labute approximate surface area is 176 Å². The second-order valence-corrected chi connectivity index (χ2v) is 8.84. The van der Waals surface area contributed by atoms with E-state index in [0.717, 1.165) is 0 Å². The largest absolute Gasteiger partial charge is 0.451 e. The minimum absolute atomic E-state index is 0.0532. The van der Waals surface area contributed by atoms with Gasteiger partial charge in [-0.25, -0.2) is 17.9 Å². The Balaban J connectivity index is 2.29. The molecule has 1 heterocycles. The van der Waals surface area contributed by atoms with Crippen LogP contribution in [0.5, 0.6) is 0 Å². The van der Waals surface area contributed by atoms with Gasteiger partial charge >= 0.3 is 5.97 Å². The van der Waals surface area contributed by atoms with E-state index >= 15 is 0 Å². The highest BCUT2D eigenvalue weighted by Crippen LogP contribution is 2.22. The molecule has 0 amide bonds. The summed E-state index contributed by atoms with van der Waals surface area (Å²) in [6.45, 7) is 9.69. The van der Waals surface area contributed by atoms with Crippen LogP contribution in [0.3, 0.4) is 0 Å². The third kappa shape index (κ3) is 4.68. The Morgan fingerprint density at radius 3 is 2.33 bits per heavy atom. The quantitative estimate of drug-likeness (QED) is 0.487. The van der Waals surface area contributed by atoms with E-state index < -0.39 is 27.9 Å². The number of nitrogens with one attached hydrogen (secondary N) is 2. The highest BCUT2D eigenvalue weighted by Gasteiger charge is 2.27. The van der Waals surface area contributed by atoms with Gasteiger partial charge in [0.15, 0.2) is 11.9 Å². The molecule has 0 saturated heterocycles. The number of esters is 1. The van der Waals surface area contributed by atoms with Gasteiger partial charge in [0.1, 0.15) is 0 Å². The molecule has 8 nitrogen and oxygen atoms in total. The molecule has 1 atom stereocenters. The van der Waals surface area contributed by atoms with Gasteiger partial charge in [-0.1, -0.05) is 13.0 Å². The molecule has 162 valence electrons.